The van der Waals surface area contributed by atoms with Crippen LogP contribution in [0.3, 0.4) is 0 Å². The highest BCUT2D eigenvalue weighted by molar-refractivity contribution is 6.30. The summed E-state index contributed by atoms with van der Waals surface area (Å²) >= 11 is 6.03. The van der Waals surface area contributed by atoms with Gasteiger partial charge in [0, 0.05) is 40.7 Å². The molecule has 2 aliphatic rings. The van der Waals surface area contributed by atoms with Gasteiger partial charge in [0.05, 0.1) is 0 Å². The van der Waals surface area contributed by atoms with E-state index in [-0.39, 0.29) is 17.6 Å². The highest BCUT2D eigenvalue weighted by Crippen LogP contribution is 2.43. The molecule has 0 fully saturated rings. The first-order valence-corrected chi connectivity index (χ1v) is 10.3. The quantitative estimate of drug-likeness (QED) is 0.526. The number of carbonyl (C=O) groups is 2. The molecule has 0 aromatic heterocycles. The van der Waals surface area contributed by atoms with E-state index in [1.807, 2.05) is 24.3 Å². The fourth-order valence-electron chi connectivity index (χ4n) is 4.59. The molecule has 1 atom stereocenters. The van der Waals surface area contributed by atoms with E-state index in [1.54, 1.807) is 17.0 Å². The number of hydrogen-bond donors (Lipinski definition) is 0. The first-order chi connectivity index (χ1) is 14.1. The van der Waals surface area contributed by atoms with Crippen LogP contribution in [0.2, 0.25) is 5.02 Å². The molecule has 1 heterocycles. The Morgan fingerprint density at radius 1 is 0.862 bits per heavy atom. The van der Waals surface area contributed by atoms with Gasteiger partial charge >= 0.3 is 0 Å². The molecule has 1 amide bonds. The topological polar surface area (TPSA) is 37.4 Å². The Morgan fingerprint density at radius 2 is 1.62 bits per heavy atom. The van der Waals surface area contributed by atoms with Crippen LogP contribution in [0.5, 0.6) is 0 Å². The molecular formula is C25H20ClNO2. The molecule has 4 heteroatoms. The Morgan fingerprint density at radius 3 is 2.41 bits per heavy atom. The van der Waals surface area contributed by atoms with Gasteiger partial charge in [-0.25, -0.2) is 0 Å². The summed E-state index contributed by atoms with van der Waals surface area (Å²) in [5.41, 5.74) is 3.48. The van der Waals surface area contributed by atoms with Gasteiger partial charge < -0.3 is 0 Å². The second-order valence-electron chi connectivity index (χ2n) is 7.71. The Balaban J connectivity index is 1.65. The zero-order chi connectivity index (χ0) is 20.0. The van der Waals surface area contributed by atoms with Gasteiger partial charge in [-0.2, -0.15) is 0 Å². The number of amides is 1. The number of ketones is 1. The summed E-state index contributed by atoms with van der Waals surface area (Å²) < 4.78 is 0. The Kier molecular flexibility index (Phi) is 4.48. The monoisotopic (exact) mass is 401 g/mol. The first kappa shape index (κ1) is 18.1. The van der Waals surface area contributed by atoms with Gasteiger partial charge in [0.15, 0.2) is 5.78 Å². The molecule has 0 saturated carbocycles. The number of benzene rings is 3. The van der Waals surface area contributed by atoms with Crippen LogP contribution in [-0.4, -0.2) is 11.7 Å². The normalized spacial score (nSPS) is 19.6. The molecule has 29 heavy (non-hydrogen) atoms. The van der Waals surface area contributed by atoms with E-state index < -0.39 is 0 Å². The number of Topliss-reactive ketones (excluding diaryl/α,β-unsaturated/α-hetero) is 1. The molecule has 0 N–H and O–H groups in total. The molecule has 0 bridgehead atoms. The van der Waals surface area contributed by atoms with Gasteiger partial charge in [0.2, 0.25) is 5.91 Å². The number of rotatable bonds is 2. The molecular weight excluding hydrogens is 382 g/mol. The maximum Gasteiger partial charge on any atom is 0.232 e. The summed E-state index contributed by atoms with van der Waals surface area (Å²) in [6.07, 6.45) is 2.36. The van der Waals surface area contributed by atoms with Crippen molar-refractivity contribution in [3.63, 3.8) is 0 Å². The lowest BCUT2D eigenvalue weighted by molar-refractivity contribution is -0.119. The summed E-state index contributed by atoms with van der Waals surface area (Å²) in [5.74, 6) is 0.00765. The largest absolute Gasteiger partial charge is 0.294 e. The van der Waals surface area contributed by atoms with Crippen molar-refractivity contribution in [2.24, 2.45) is 0 Å². The van der Waals surface area contributed by atoms with Crippen molar-refractivity contribution in [3.8, 4) is 0 Å². The number of carbonyl (C=O) groups excluding carboxylic acids is 2. The van der Waals surface area contributed by atoms with Crippen LogP contribution in [0, 0.1) is 0 Å². The van der Waals surface area contributed by atoms with E-state index >= 15 is 0 Å². The van der Waals surface area contributed by atoms with E-state index in [0.29, 0.717) is 17.9 Å². The number of hydrogen-bond acceptors (Lipinski definition) is 2. The summed E-state index contributed by atoms with van der Waals surface area (Å²) in [4.78, 5) is 28.0. The second kappa shape index (κ2) is 7.16. The Labute approximate surface area is 174 Å². The lowest BCUT2D eigenvalue weighted by Crippen LogP contribution is -2.40. The van der Waals surface area contributed by atoms with E-state index in [9.17, 15) is 9.59 Å². The third-order valence-electron chi connectivity index (χ3n) is 5.94. The van der Waals surface area contributed by atoms with Gasteiger partial charge in [0.1, 0.15) is 0 Å². The number of halogens is 1. The summed E-state index contributed by atoms with van der Waals surface area (Å²) in [6, 6.07) is 21.7. The fourth-order valence-corrected chi connectivity index (χ4v) is 4.72. The number of allylic oxidation sites excluding steroid dienone is 2. The SMILES string of the molecule is O=C1CCCC2=C1C(c1ccc3ccccc3c1)CC(=O)N2c1ccc(Cl)cc1. The van der Waals surface area contributed by atoms with Crippen molar-refractivity contribution in [2.75, 3.05) is 4.90 Å². The third kappa shape index (κ3) is 3.16. The van der Waals surface area contributed by atoms with Crippen LogP contribution in [-0.2, 0) is 9.59 Å². The van der Waals surface area contributed by atoms with Gasteiger partial charge in [-0.15, -0.1) is 0 Å². The van der Waals surface area contributed by atoms with E-state index in [2.05, 4.69) is 30.3 Å². The number of fused-ring (bicyclic) bond motifs is 1. The lowest BCUT2D eigenvalue weighted by Gasteiger charge is -2.38. The molecule has 1 unspecified atom stereocenters. The second-order valence-corrected chi connectivity index (χ2v) is 8.14. The van der Waals surface area contributed by atoms with Crippen LogP contribution < -0.4 is 4.90 Å². The fraction of sp³-hybridized carbons (Fsp3) is 0.200. The van der Waals surface area contributed by atoms with Crippen LogP contribution >= 0.6 is 11.6 Å². The van der Waals surface area contributed by atoms with Crippen LogP contribution in [0.1, 0.15) is 37.2 Å². The molecule has 0 saturated heterocycles. The van der Waals surface area contributed by atoms with Gasteiger partial charge in [0.25, 0.3) is 0 Å². The minimum absolute atomic E-state index is 0.0268. The molecule has 0 radical (unpaired) electrons. The maximum atomic E-state index is 13.2. The zero-order valence-electron chi connectivity index (χ0n) is 15.9. The Hall–Kier alpha value is -2.91. The zero-order valence-corrected chi connectivity index (χ0v) is 16.7. The molecule has 3 aromatic rings. The highest BCUT2D eigenvalue weighted by Gasteiger charge is 2.39. The van der Waals surface area contributed by atoms with Crippen molar-refractivity contribution >= 4 is 39.8 Å². The van der Waals surface area contributed by atoms with Crippen LogP contribution in [0.4, 0.5) is 5.69 Å². The molecule has 144 valence electrons. The van der Waals surface area contributed by atoms with E-state index in [1.165, 1.54) is 0 Å². The van der Waals surface area contributed by atoms with Crippen LogP contribution in [0.15, 0.2) is 78.0 Å². The standard InChI is InChI=1S/C25H20ClNO2/c26-19-10-12-20(13-11-19)27-22-6-3-7-23(28)25(22)21(15-24(27)29)18-9-8-16-4-1-2-5-17(16)14-18/h1-2,4-5,8-14,21H,3,6-7,15H2. The van der Waals surface area contributed by atoms with Crippen molar-refractivity contribution < 1.29 is 9.59 Å². The first-order valence-electron chi connectivity index (χ1n) is 9.95. The molecule has 3 nitrogen and oxygen atoms in total. The molecule has 0 spiro atoms. The Bertz CT molecular complexity index is 1160. The van der Waals surface area contributed by atoms with Crippen molar-refractivity contribution in [2.45, 2.75) is 31.6 Å². The van der Waals surface area contributed by atoms with Crippen LogP contribution in [0.25, 0.3) is 10.8 Å². The van der Waals surface area contributed by atoms with Crippen molar-refractivity contribution in [1.82, 2.24) is 0 Å². The molecule has 3 aromatic carbocycles. The van der Waals surface area contributed by atoms with E-state index in [0.717, 1.165) is 46.1 Å². The summed E-state index contributed by atoms with van der Waals surface area (Å²) in [6.45, 7) is 0. The third-order valence-corrected chi connectivity index (χ3v) is 6.19. The summed E-state index contributed by atoms with van der Waals surface area (Å²) in [5, 5.41) is 2.91. The maximum absolute atomic E-state index is 13.2. The summed E-state index contributed by atoms with van der Waals surface area (Å²) in [7, 11) is 0. The molecule has 1 aliphatic carbocycles. The lowest BCUT2D eigenvalue weighted by atomic mass is 9.77. The predicted octanol–water partition coefficient (Wildman–Crippen LogP) is 6.02. The van der Waals surface area contributed by atoms with Crippen molar-refractivity contribution in [1.29, 1.82) is 0 Å². The van der Waals surface area contributed by atoms with Crippen molar-refractivity contribution in [3.05, 3.63) is 88.6 Å². The minimum Gasteiger partial charge on any atom is -0.294 e. The predicted molar refractivity (Wildman–Crippen MR) is 116 cm³/mol. The smallest absolute Gasteiger partial charge is 0.232 e. The molecule has 5 rings (SSSR count). The highest BCUT2D eigenvalue weighted by atomic mass is 35.5. The van der Waals surface area contributed by atoms with E-state index in [4.69, 9.17) is 11.6 Å². The number of anilines is 1. The van der Waals surface area contributed by atoms with Gasteiger partial charge in [-0.1, -0.05) is 54.1 Å². The van der Waals surface area contributed by atoms with Gasteiger partial charge in [-0.05, 0) is 53.4 Å². The average Bonchev–Trinajstić information content (AvgIpc) is 2.74. The molecule has 1 aliphatic heterocycles. The average molecular weight is 402 g/mol. The minimum atomic E-state index is -0.182. The van der Waals surface area contributed by atoms with Gasteiger partial charge in [-0.3, -0.25) is 14.5 Å². The number of nitrogens with zero attached hydrogens (tertiary/aromatic N) is 1.